The Morgan fingerprint density at radius 3 is 2.65 bits per heavy atom. The summed E-state index contributed by atoms with van der Waals surface area (Å²) < 4.78 is 0. The van der Waals surface area contributed by atoms with Crippen LogP contribution in [-0.4, -0.2) is 16.5 Å². The van der Waals surface area contributed by atoms with E-state index in [0.29, 0.717) is 12.5 Å². The summed E-state index contributed by atoms with van der Waals surface area (Å²) in [4.78, 5) is 7.65. The molecular weight excluding hydrogens is 282 g/mol. The van der Waals surface area contributed by atoms with E-state index < -0.39 is 0 Å². The molecule has 114 valence electrons. The Kier molecular flexibility index (Phi) is 3.56. The van der Waals surface area contributed by atoms with Gasteiger partial charge in [-0.3, -0.25) is 4.98 Å². The Labute approximate surface area is 135 Å². The summed E-state index contributed by atoms with van der Waals surface area (Å²) in [6.45, 7) is 0.668. The number of aromatic nitrogens is 2. The number of benzene rings is 2. The van der Waals surface area contributed by atoms with E-state index in [1.54, 1.807) is 0 Å². The van der Waals surface area contributed by atoms with Crippen LogP contribution in [0.2, 0.25) is 0 Å². The monoisotopic (exact) mass is 301 g/mol. The third kappa shape index (κ3) is 2.60. The molecule has 1 unspecified atom stereocenters. The van der Waals surface area contributed by atoms with Gasteiger partial charge in [0, 0.05) is 29.2 Å². The number of H-pyrrole nitrogens is 1. The number of nitrogens with one attached hydrogen (secondary N) is 1. The van der Waals surface area contributed by atoms with E-state index in [2.05, 4.69) is 58.5 Å². The second-order valence-corrected chi connectivity index (χ2v) is 5.91. The lowest BCUT2D eigenvalue weighted by Gasteiger charge is -2.18. The first-order chi connectivity index (χ1) is 11.3. The fraction of sp³-hybridized carbons (Fsp3) is 0.150. The van der Waals surface area contributed by atoms with Crippen LogP contribution in [0.25, 0.3) is 21.8 Å². The van der Waals surface area contributed by atoms with Crippen LogP contribution in [0.4, 0.5) is 0 Å². The molecule has 0 aliphatic rings. The van der Waals surface area contributed by atoms with Crippen LogP contribution >= 0.6 is 0 Å². The highest BCUT2D eigenvalue weighted by atomic mass is 14.7. The highest BCUT2D eigenvalue weighted by molar-refractivity contribution is 5.81. The van der Waals surface area contributed by atoms with Crippen molar-refractivity contribution < 1.29 is 0 Å². The summed E-state index contributed by atoms with van der Waals surface area (Å²) in [7, 11) is 0. The van der Waals surface area contributed by atoms with Gasteiger partial charge in [0.25, 0.3) is 0 Å². The lowest BCUT2D eigenvalue weighted by atomic mass is 9.87. The Balaban J connectivity index is 1.81. The summed E-state index contributed by atoms with van der Waals surface area (Å²) >= 11 is 0. The van der Waals surface area contributed by atoms with Crippen molar-refractivity contribution in [2.45, 2.75) is 12.3 Å². The smallest absolute Gasteiger partial charge is 0.0702 e. The third-order valence-electron chi connectivity index (χ3n) is 4.46. The van der Waals surface area contributed by atoms with Gasteiger partial charge in [-0.05, 0) is 65.9 Å². The molecule has 0 saturated heterocycles. The van der Waals surface area contributed by atoms with Crippen LogP contribution < -0.4 is 5.73 Å². The van der Waals surface area contributed by atoms with Crippen molar-refractivity contribution in [3.8, 4) is 0 Å². The lowest BCUT2D eigenvalue weighted by molar-refractivity contribution is 0.728. The quantitative estimate of drug-likeness (QED) is 0.593. The minimum absolute atomic E-state index is 0.309. The summed E-state index contributed by atoms with van der Waals surface area (Å²) in [5.74, 6) is 0.309. The van der Waals surface area contributed by atoms with Crippen molar-refractivity contribution >= 4 is 21.8 Å². The van der Waals surface area contributed by atoms with E-state index in [1.165, 1.54) is 27.4 Å². The maximum Gasteiger partial charge on any atom is 0.0702 e. The van der Waals surface area contributed by atoms with E-state index in [1.807, 2.05) is 18.5 Å². The first kappa shape index (κ1) is 14.0. The van der Waals surface area contributed by atoms with E-state index >= 15 is 0 Å². The summed E-state index contributed by atoms with van der Waals surface area (Å²) in [6.07, 6.45) is 4.75. The molecule has 0 amide bonds. The number of aromatic amines is 1. The van der Waals surface area contributed by atoms with Gasteiger partial charge in [0.15, 0.2) is 0 Å². The van der Waals surface area contributed by atoms with Crippen LogP contribution in [0.15, 0.2) is 67.0 Å². The van der Waals surface area contributed by atoms with E-state index in [9.17, 15) is 0 Å². The molecule has 0 aliphatic heterocycles. The minimum Gasteiger partial charge on any atom is -0.361 e. The molecule has 1 atom stereocenters. The van der Waals surface area contributed by atoms with Crippen LogP contribution in [0.5, 0.6) is 0 Å². The van der Waals surface area contributed by atoms with E-state index in [0.717, 1.165) is 11.9 Å². The largest absolute Gasteiger partial charge is 0.361 e. The van der Waals surface area contributed by atoms with Gasteiger partial charge in [-0.2, -0.15) is 0 Å². The van der Waals surface area contributed by atoms with Crippen molar-refractivity contribution in [1.29, 1.82) is 0 Å². The first-order valence-corrected chi connectivity index (χ1v) is 7.97. The van der Waals surface area contributed by atoms with Gasteiger partial charge >= 0.3 is 0 Å². The number of nitrogens with zero attached hydrogens (tertiary/aromatic N) is 1. The lowest BCUT2D eigenvalue weighted by Crippen LogP contribution is -2.09. The van der Waals surface area contributed by atoms with Crippen LogP contribution in [0.1, 0.15) is 23.5 Å². The van der Waals surface area contributed by atoms with E-state index in [4.69, 9.17) is 5.73 Å². The molecule has 0 radical (unpaired) electrons. The minimum atomic E-state index is 0.309. The number of hydrogen-bond donors (Lipinski definition) is 2. The number of pyridine rings is 1. The molecule has 0 fully saturated rings. The van der Waals surface area contributed by atoms with Crippen molar-refractivity contribution in [1.82, 2.24) is 9.97 Å². The Bertz CT molecular complexity index is 955. The fourth-order valence-corrected chi connectivity index (χ4v) is 3.29. The van der Waals surface area contributed by atoms with Crippen LogP contribution in [0, 0.1) is 0 Å². The number of hydrogen-bond acceptors (Lipinski definition) is 2. The summed E-state index contributed by atoms with van der Waals surface area (Å²) in [5, 5.41) is 2.42. The zero-order valence-electron chi connectivity index (χ0n) is 12.9. The molecule has 0 bridgehead atoms. The van der Waals surface area contributed by atoms with Gasteiger partial charge in [0.1, 0.15) is 0 Å². The van der Waals surface area contributed by atoms with Crippen molar-refractivity contribution in [3.63, 3.8) is 0 Å². The highest BCUT2D eigenvalue weighted by Gasteiger charge is 2.15. The molecule has 3 N–H and O–H groups in total. The van der Waals surface area contributed by atoms with Crippen molar-refractivity contribution in [3.05, 3.63) is 78.1 Å². The second-order valence-electron chi connectivity index (χ2n) is 5.91. The average Bonchev–Trinajstić information content (AvgIpc) is 3.07. The van der Waals surface area contributed by atoms with Crippen LogP contribution in [-0.2, 0) is 0 Å². The van der Waals surface area contributed by atoms with Gasteiger partial charge in [0.2, 0.25) is 0 Å². The summed E-state index contributed by atoms with van der Waals surface area (Å²) in [6, 6.07) is 19.3. The molecule has 2 heterocycles. The number of fused-ring (bicyclic) bond motifs is 2. The van der Waals surface area contributed by atoms with Crippen molar-refractivity contribution in [2.24, 2.45) is 5.73 Å². The SMILES string of the molecule is NCCC(c1ccc2ncccc2c1)c1ccc2[nH]ccc2c1. The van der Waals surface area contributed by atoms with Gasteiger partial charge in [-0.25, -0.2) is 0 Å². The van der Waals surface area contributed by atoms with Gasteiger partial charge in [-0.1, -0.05) is 18.2 Å². The predicted molar refractivity (Wildman–Crippen MR) is 95.6 cm³/mol. The zero-order valence-corrected chi connectivity index (χ0v) is 12.9. The topological polar surface area (TPSA) is 54.7 Å². The molecule has 2 aromatic heterocycles. The summed E-state index contributed by atoms with van der Waals surface area (Å²) in [5.41, 5.74) is 10.7. The van der Waals surface area contributed by atoms with Crippen molar-refractivity contribution in [2.75, 3.05) is 6.54 Å². The first-order valence-electron chi connectivity index (χ1n) is 7.97. The Morgan fingerprint density at radius 1 is 0.957 bits per heavy atom. The molecule has 23 heavy (non-hydrogen) atoms. The molecular formula is C20H19N3. The normalized spacial score (nSPS) is 12.7. The zero-order chi connectivity index (χ0) is 15.6. The maximum absolute atomic E-state index is 5.89. The van der Waals surface area contributed by atoms with Gasteiger partial charge in [0.05, 0.1) is 5.52 Å². The predicted octanol–water partition coefficient (Wildman–Crippen LogP) is 4.20. The molecule has 0 spiro atoms. The maximum atomic E-state index is 5.89. The second kappa shape index (κ2) is 5.86. The van der Waals surface area contributed by atoms with E-state index in [-0.39, 0.29) is 0 Å². The average molecular weight is 301 g/mol. The Morgan fingerprint density at radius 2 is 1.78 bits per heavy atom. The molecule has 4 rings (SSSR count). The van der Waals surface area contributed by atoms with Gasteiger partial charge in [-0.15, -0.1) is 0 Å². The molecule has 3 heteroatoms. The molecule has 4 aromatic rings. The Hall–Kier alpha value is -2.65. The van der Waals surface area contributed by atoms with Gasteiger partial charge < -0.3 is 10.7 Å². The highest BCUT2D eigenvalue weighted by Crippen LogP contribution is 2.31. The fourth-order valence-electron chi connectivity index (χ4n) is 3.29. The molecule has 0 aliphatic carbocycles. The molecule has 3 nitrogen and oxygen atoms in total. The van der Waals surface area contributed by atoms with Crippen LogP contribution in [0.3, 0.4) is 0 Å². The number of rotatable bonds is 4. The standard InChI is InChI=1S/C20H19N3/c21-9-7-18(15-4-6-20-17(13-15)8-11-23-20)14-3-5-19-16(12-14)2-1-10-22-19/h1-6,8,10-13,18,23H,7,9,21H2. The molecule has 0 saturated carbocycles. The number of nitrogens with two attached hydrogens (primary N) is 1. The third-order valence-corrected chi connectivity index (χ3v) is 4.46. The molecule has 2 aromatic carbocycles.